The van der Waals surface area contributed by atoms with Gasteiger partial charge in [-0.2, -0.15) is 11.8 Å². The summed E-state index contributed by atoms with van der Waals surface area (Å²) in [5.74, 6) is 2.09. The Bertz CT molecular complexity index is 382. The van der Waals surface area contributed by atoms with E-state index in [4.69, 9.17) is 22.5 Å². The van der Waals surface area contributed by atoms with Crippen LogP contribution in [0.1, 0.15) is 24.5 Å². The van der Waals surface area contributed by atoms with Gasteiger partial charge in [0.25, 0.3) is 0 Å². The van der Waals surface area contributed by atoms with Gasteiger partial charge in [0.2, 0.25) is 0 Å². The van der Waals surface area contributed by atoms with Crippen LogP contribution in [0.25, 0.3) is 0 Å². The molecule has 0 unspecified atom stereocenters. The van der Waals surface area contributed by atoms with Crippen LogP contribution < -0.4 is 5.73 Å². The van der Waals surface area contributed by atoms with Crippen molar-refractivity contribution in [2.45, 2.75) is 19.1 Å². The lowest BCUT2D eigenvalue weighted by Gasteiger charge is -2.06. The number of rotatable bonds is 5. The molecule has 16 heavy (non-hydrogen) atoms. The molecule has 3 N–H and O–H groups in total. The van der Waals surface area contributed by atoms with Crippen molar-refractivity contribution in [3.63, 3.8) is 0 Å². The number of hydrogen-bond acceptors (Lipinski definition) is 3. The molecule has 88 valence electrons. The molecule has 0 spiro atoms. The number of nitrogens with zero attached hydrogens (tertiary/aromatic N) is 1. The molecule has 0 saturated heterocycles. The van der Waals surface area contributed by atoms with Gasteiger partial charge in [-0.3, -0.25) is 0 Å². The molecule has 0 amide bonds. The molecule has 0 aliphatic carbocycles. The van der Waals surface area contributed by atoms with E-state index in [1.807, 2.05) is 23.9 Å². The second kappa shape index (κ2) is 6.66. The number of hydrogen-bond donors (Lipinski definition) is 2. The van der Waals surface area contributed by atoms with Crippen LogP contribution in [-0.4, -0.2) is 16.8 Å². The lowest BCUT2D eigenvalue weighted by Crippen LogP contribution is -2.12. The zero-order chi connectivity index (χ0) is 12.0. The molecule has 3 nitrogen and oxygen atoms in total. The van der Waals surface area contributed by atoms with E-state index in [0.717, 1.165) is 23.5 Å². The monoisotopic (exact) mass is 258 g/mol. The highest BCUT2D eigenvalue weighted by Crippen LogP contribution is 2.22. The third-order valence-corrected chi connectivity index (χ3v) is 3.63. The zero-order valence-corrected chi connectivity index (χ0v) is 10.7. The van der Waals surface area contributed by atoms with E-state index < -0.39 is 0 Å². The molecule has 5 heteroatoms. The third-order valence-electron chi connectivity index (χ3n) is 2.06. The highest BCUT2D eigenvalue weighted by molar-refractivity contribution is 7.98. The number of benzene rings is 1. The Morgan fingerprint density at radius 3 is 2.88 bits per heavy atom. The highest BCUT2D eigenvalue weighted by atomic mass is 35.5. The molecule has 0 aliphatic heterocycles. The van der Waals surface area contributed by atoms with Crippen LogP contribution in [0.5, 0.6) is 0 Å². The summed E-state index contributed by atoms with van der Waals surface area (Å²) in [7, 11) is 0. The number of nitrogens with two attached hydrogens (primary N) is 1. The Kier molecular flexibility index (Phi) is 5.49. The smallest absolute Gasteiger partial charge is 0.170 e. The Morgan fingerprint density at radius 1 is 1.56 bits per heavy atom. The lowest BCUT2D eigenvalue weighted by molar-refractivity contribution is 0.318. The summed E-state index contributed by atoms with van der Waals surface area (Å²) in [6.07, 6.45) is 1.16. The van der Waals surface area contributed by atoms with Crippen LogP contribution in [0.2, 0.25) is 5.02 Å². The van der Waals surface area contributed by atoms with Crippen LogP contribution >= 0.6 is 23.4 Å². The summed E-state index contributed by atoms with van der Waals surface area (Å²) in [6, 6.07) is 5.44. The van der Waals surface area contributed by atoms with Crippen molar-refractivity contribution in [3.05, 3.63) is 34.3 Å². The number of amidine groups is 1. The molecule has 0 bridgehead atoms. The quantitative estimate of drug-likeness (QED) is 0.281. The fourth-order valence-electron chi connectivity index (χ4n) is 1.21. The van der Waals surface area contributed by atoms with Gasteiger partial charge in [-0.15, -0.1) is 0 Å². The second-order valence-electron chi connectivity index (χ2n) is 3.34. The second-order valence-corrected chi connectivity index (χ2v) is 4.86. The normalized spacial score (nSPS) is 11.8. The lowest BCUT2D eigenvalue weighted by atomic mass is 10.1. The van der Waals surface area contributed by atoms with Gasteiger partial charge < -0.3 is 10.9 Å². The molecule has 0 aliphatic rings. The number of oxime groups is 1. The van der Waals surface area contributed by atoms with Crippen molar-refractivity contribution in [1.29, 1.82) is 0 Å². The predicted molar refractivity (Wildman–Crippen MR) is 70.4 cm³/mol. The summed E-state index contributed by atoms with van der Waals surface area (Å²) < 4.78 is 0. The summed E-state index contributed by atoms with van der Waals surface area (Å²) in [6.45, 7) is 2.15. The fourth-order valence-corrected chi connectivity index (χ4v) is 2.44. The van der Waals surface area contributed by atoms with Gasteiger partial charge in [0.1, 0.15) is 0 Å². The third kappa shape index (κ3) is 3.61. The van der Waals surface area contributed by atoms with Crippen molar-refractivity contribution in [3.8, 4) is 0 Å². The van der Waals surface area contributed by atoms with Gasteiger partial charge in [0, 0.05) is 16.3 Å². The van der Waals surface area contributed by atoms with Crippen molar-refractivity contribution < 1.29 is 5.21 Å². The predicted octanol–water partition coefficient (Wildman–Crippen LogP) is 3.08. The largest absolute Gasteiger partial charge is 0.409 e. The van der Waals surface area contributed by atoms with E-state index >= 15 is 0 Å². The Morgan fingerprint density at radius 2 is 2.31 bits per heavy atom. The summed E-state index contributed by atoms with van der Waals surface area (Å²) in [4.78, 5) is 0. The first-order valence-electron chi connectivity index (χ1n) is 5.03. The average Bonchev–Trinajstić information content (AvgIpc) is 2.30. The number of halogens is 1. The molecule has 1 aromatic rings. The van der Waals surface area contributed by atoms with E-state index in [1.54, 1.807) is 6.07 Å². The minimum atomic E-state index is 0.0784. The standard InChI is InChI=1S/C11H15ClN2OS/c1-2-5-16-7-9-4-3-8(6-10(9)12)11(13)14-15/h3-4,6,15H,2,5,7H2,1H3,(H2,13,14). The van der Waals surface area contributed by atoms with Crippen molar-refractivity contribution in [2.24, 2.45) is 10.9 Å². The van der Waals surface area contributed by atoms with Crippen LogP contribution in [0.4, 0.5) is 0 Å². The molecule has 0 radical (unpaired) electrons. The van der Waals surface area contributed by atoms with Crippen LogP contribution in [0.3, 0.4) is 0 Å². The van der Waals surface area contributed by atoms with Crippen molar-refractivity contribution in [1.82, 2.24) is 0 Å². The summed E-state index contributed by atoms with van der Waals surface area (Å²) in [5, 5.41) is 12.1. The molecule has 0 saturated carbocycles. The SMILES string of the molecule is CCCSCc1ccc(/C(N)=N/O)cc1Cl. The van der Waals surface area contributed by atoms with Crippen LogP contribution in [0, 0.1) is 0 Å². The van der Waals surface area contributed by atoms with Gasteiger partial charge in [0.15, 0.2) is 5.84 Å². The van der Waals surface area contributed by atoms with Gasteiger partial charge in [0.05, 0.1) is 0 Å². The van der Waals surface area contributed by atoms with E-state index in [0.29, 0.717) is 10.6 Å². The maximum Gasteiger partial charge on any atom is 0.170 e. The zero-order valence-electron chi connectivity index (χ0n) is 9.11. The molecule has 1 aromatic carbocycles. The van der Waals surface area contributed by atoms with E-state index in [9.17, 15) is 0 Å². The van der Waals surface area contributed by atoms with Gasteiger partial charge in [-0.1, -0.05) is 35.8 Å². The molecule has 0 aromatic heterocycles. The molecule has 0 fully saturated rings. The maximum atomic E-state index is 8.54. The molecular weight excluding hydrogens is 244 g/mol. The Labute approximate surface area is 105 Å². The fraction of sp³-hybridized carbons (Fsp3) is 0.364. The first-order valence-corrected chi connectivity index (χ1v) is 6.56. The maximum absolute atomic E-state index is 8.54. The number of thioether (sulfide) groups is 1. The van der Waals surface area contributed by atoms with Crippen molar-refractivity contribution >= 4 is 29.2 Å². The molecule has 1 rings (SSSR count). The Hall–Kier alpha value is -0.870. The first-order chi connectivity index (χ1) is 7.69. The van der Waals surface area contributed by atoms with Gasteiger partial charge in [-0.05, 0) is 23.8 Å². The van der Waals surface area contributed by atoms with Gasteiger partial charge >= 0.3 is 0 Å². The van der Waals surface area contributed by atoms with E-state index in [1.165, 1.54) is 0 Å². The summed E-state index contributed by atoms with van der Waals surface area (Å²) >= 11 is 7.95. The summed E-state index contributed by atoms with van der Waals surface area (Å²) in [5.41, 5.74) is 7.19. The molecule has 0 heterocycles. The topological polar surface area (TPSA) is 58.6 Å². The minimum Gasteiger partial charge on any atom is -0.409 e. The average molecular weight is 259 g/mol. The van der Waals surface area contributed by atoms with Gasteiger partial charge in [-0.25, -0.2) is 0 Å². The van der Waals surface area contributed by atoms with Crippen LogP contribution in [0.15, 0.2) is 23.4 Å². The van der Waals surface area contributed by atoms with Crippen LogP contribution in [-0.2, 0) is 5.75 Å². The Balaban J connectivity index is 2.75. The molecular formula is C11H15ClN2OS. The van der Waals surface area contributed by atoms with E-state index in [-0.39, 0.29) is 5.84 Å². The highest BCUT2D eigenvalue weighted by Gasteiger charge is 2.04. The first kappa shape index (κ1) is 13.2. The minimum absolute atomic E-state index is 0.0784. The molecule has 0 atom stereocenters. The van der Waals surface area contributed by atoms with Crippen molar-refractivity contribution in [2.75, 3.05) is 5.75 Å². The van der Waals surface area contributed by atoms with E-state index in [2.05, 4.69) is 12.1 Å².